The molecule has 198 valence electrons. The highest BCUT2D eigenvalue weighted by Crippen LogP contribution is 2.14. The van der Waals surface area contributed by atoms with E-state index in [1.165, 1.54) is 43.0 Å². The van der Waals surface area contributed by atoms with Gasteiger partial charge in [-0.25, -0.2) is 4.98 Å². The van der Waals surface area contributed by atoms with Crippen LogP contribution in [-0.4, -0.2) is 33.6 Å². The second-order valence-corrected chi connectivity index (χ2v) is 10.4. The molecule has 2 rings (SSSR count). The van der Waals surface area contributed by atoms with Crippen LogP contribution >= 0.6 is 0 Å². The highest BCUT2D eigenvalue weighted by molar-refractivity contribution is 5.81. The molecule has 0 atom stereocenters. The summed E-state index contributed by atoms with van der Waals surface area (Å²) < 4.78 is 6.85. The average Bonchev–Trinajstić information content (AvgIpc) is 3.36. The van der Waals surface area contributed by atoms with Gasteiger partial charge in [-0.2, -0.15) is 0 Å². The lowest BCUT2D eigenvalue weighted by Gasteiger charge is -2.19. The highest BCUT2D eigenvalue weighted by Gasteiger charge is 2.15. The number of rotatable bonds is 17. The summed E-state index contributed by atoms with van der Waals surface area (Å²) in [7, 11) is 0. The Morgan fingerprint density at radius 3 is 2.36 bits per heavy atom. The van der Waals surface area contributed by atoms with Crippen molar-refractivity contribution in [1.29, 1.82) is 0 Å². The molecule has 0 saturated carbocycles. The molecule has 0 unspecified atom stereocenters. The van der Waals surface area contributed by atoms with Gasteiger partial charge in [-0.05, 0) is 70.6 Å². The lowest BCUT2D eigenvalue weighted by atomic mass is 10.1. The molecule has 0 aliphatic carbocycles. The molecule has 0 spiro atoms. The lowest BCUT2D eigenvalue weighted by molar-refractivity contribution is -0.154. The molecule has 0 saturated heterocycles. The fourth-order valence-corrected chi connectivity index (χ4v) is 3.96. The number of nitrogens with zero attached hydrogens (tertiary/aromatic N) is 2. The first-order chi connectivity index (χ1) is 17.3. The SMILES string of the molecule is CC(C)(C)OC(=O)CCCCCCCCCC=CCCCNc1cccc(CC(=O)n2ccnc2)c1. The number of aromatic nitrogens is 2. The van der Waals surface area contributed by atoms with Crippen LogP contribution in [0.4, 0.5) is 5.69 Å². The van der Waals surface area contributed by atoms with Gasteiger partial charge < -0.3 is 10.1 Å². The molecule has 0 radical (unpaired) electrons. The van der Waals surface area contributed by atoms with Crippen LogP contribution in [0.5, 0.6) is 0 Å². The molecule has 0 fully saturated rings. The van der Waals surface area contributed by atoms with E-state index in [0.717, 1.165) is 49.9 Å². The number of carbonyl (C=O) groups is 2. The molecule has 0 aliphatic heterocycles. The average molecular weight is 496 g/mol. The Morgan fingerprint density at radius 2 is 1.67 bits per heavy atom. The van der Waals surface area contributed by atoms with Crippen LogP contribution < -0.4 is 5.32 Å². The van der Waals surface area contributed by atoms with Gasteiger partial charge >= 0.3 is 5.97 Å². The molecule has 0 amide bonds. The number of anilines is 1. The van der Waals surface area contributed by atoms with Gasteiger partial charge in [0.05, 0.1) is 6.42 Å². The maximum Gasteiger partial charge on any atom is 0.306 e. The van der Waals surface area contributed by atoms with Gasteiger partial charge in [0.25, 0.3) is 0 Å². The molecular weight excluding hydrogens is 450 g/mol. The number of carbonyl (C=O) groups excluding carboxylic acids is 2. The van der Waals surface area contributed by atoms with Crippen molar-refractivity contribution < 1.29 is 14.3 Å². The zero-order chi connectivity index (χ0) is 26.1. The zero-order valence-electron chi connectivity index (χ0n) is 22.5. The Kier molecular flexibility index (Phi) is 13.6. The van der Waals surface area contributed by atoms with Crippen molar-refractivity contribution in [3.8, 4) is 0 Å². The minimum Gasteiger partial charge on any atom is -0.460 e. The van der Waals surface area contributed by atoms with E-state index in [0.29, 0.717) is 12.8 Å². The standard InChI is InChI=1S/C30H45N3O3/c1-30(2,3)36-29(35)19-14-12-10-8-6-4-5-7-9-11-13-15-20-32-27-18-16-17-26(23-27)24-28(34)33-22-21-31-25-33/h9,11,16-18,21-23,25,32H,4-8,10,12-15,19-20,24H2,1-3H3. The molecule has 6 heteroatoms. The van der Waals surface area contributed by atoms with Crippen molar-refractivity contribution in [2.24, 2.45) is 0 Å². The smallest absolute Gasteiger partial charge is 0.306 e. The molecule has 6 nitrogen and oxygen atoms in total. The maximum atomic E-state index is 12.2. The predicted molar refractivity (Wildman–Crippen MR) is 147 cm³/mol. The number of unbranched alkanes of at least 4 members (excludes halogenated alkanes) is 8. The molecule has 36 heavy (non-hydrogen) atoms. The molecule has 0 bridgehead atoms. The largest absolute Gasteiger partial charge is 0.460 e. The highest BCUT2D eigenvalue weighted by atomic mass is 16.6. The first kappa shape index (κ1) is 29.3. The van der Waals surface area contributed by atoms with Crippen LogP contribution in [0.25, 0.3) is 0 Å². The summed E-state index contributed by atoms with van der Waals surface area (Å²) in [6, 6.07) is 8.06. The number of hydrogen-bond acceptors (Lipinski definition) is 5. The topological polar surface area (TPSA) is 73.2 Å². The van der Waals surface area contributed by atoms with E-state index in [1.54, 1.807) is 12.4 Å². The first-order valence-electron chi connectivity index (χ1n) is 13.5. The number of imidazole rings is 1. The Balaban J connectivity index is 1.42. The predicted octanol–water partition coefficient (Wildman–Crippen LogP) is 7.37. The summed E-state index contributed by atoms with van der Waals surface area (Å²) in [5, 5.41) is 3.46. The van der Waals surface area contributed by atoms with Crippen LogP contribution in [0, 0.1) is 0 Å². The zero-order valence-corrected chi connectivity index (χ0v) is 22.5. The van der Waals surface area contributed by atoms with Gasteiger partial charge in [0.2, 0.25) is 5.91 Å². The van der Waals surface area contributed by atoms with E-state index < -0.39 is 0 Å². The van der Waals surface area contributed by atoms with Crippen molar-refractivity contribution in [2.75, 3.05) is 11.9 Å². The van der Waals surface area contributed by atoms with E-state index in [1.807, 2.05) is 45.0 Å². The summed E-state index contributed by atoms with van der Waals surface area (Å²) in [5.74, 6) is -0.0560. The Labute approximate surface area is 217 Å². The van der Waals surface area contributed by atoms with E-state index in [9.17, 15) is 9.59 Å². The van der Waals surface area contributed by atoms with Crippen molar-refractivity contribution in [3.63, 3.8) is 0 Å². The van der Waals surface area contributed by atoms with Gasteiger partial charge in [0.15, 0.2) is 0 Å². The number of allylic oxidation sites excluding steroid dienone is 2. The molecule has 2 aromatic rings. The first-order valence-corrected chi connectivity index (χ1v) is 13.5. The maximum absolute atomic E-state index is 12.2. The molecule has 0 aliphatic rings. The van der Waals surface area contributed by atoms with Crippen molar-refractivity contribution >= 4 is 17.6 Å². The second-order valence-electron chi connectivity index (χ2n) is 10.4. The van der Waals surface area contributed by atoms with Gasteiger partial charge in [-0.3, -0.25) is 14.2 Å². The van der Waals surface area contributed by atoms with Crippen molar-refractivity contribution in [1.82, 2.24) is 9.55 Å². The van der Waals surface area contributed by atoms with Crippen LogP contribution in [0.2, 0.25) is 0 Å². The Morgan fingerprint density at radius 1 is 0.972 bits per heavy atom. The molecular formula is C30H45N3O3. The van der Waals surface area contributed by atoms with Crippen molar-refractivity contribution in [3.05, 3.63) is 60.7 Å². The van der Waals surface area contributed by atoms with Crippen LogP contribution in [0.1, 0.15) is 102 Å². The monoisotopic (exact) mass is 495 g/mol. The summed E-state index contributed by atoms with van der Waals surface area (Å²) in [5.41, 5.74) is 1.68. The molecule has 1 aromatic heterocycles. The summed E-state index contributed by atoms with van der Waals surface area (Å²) >= 11 is 0. The third kappa shape index (κ3) is 13.9. The van der Waals surface area contributed by atoms with Gasteiger partial charge in [-0.1, -0.05) is 56.4 Å². The fraction of sp³-hybridized carbons (Fsp3) is 0.567. The molecule has 1 heterocycles. The van der Waals surface area contributed by atoms with E-state index >= 15 is 0 Å². The van der Waals surface area contributed by atoms with Crippen molar-refractivity contribution in [2.45, 2.75) is 103 Å². The normalized spacial score (nSPS) is 11.6. The fourth-order valence-electron chi connectivity index (χ4n) is 3.96. The lowest BCUT2D eigenvalue weighted by Crippen LogP contribution is -2.23. The number of esters is 1. The number of benzene rings is 1. The third-order valence-corrected chi connectivity index (χ3v) is 5.79. The number of nitrogens with one attached hydrogen (secondary N) is 1. The van der Waals surface area contributed by atoms with E-state index in [-0.39, 0.29) is 17.5 Å². The van der Waals surface area contributed by atoms with Gasteiger partial charge in [-0.15, -0.1) is 0 Å². The molecule has 1 N–H and O–H groups in total. The summed E-state index contributed by atoms with van der Waals surface area (Å²) in [4.78, 5) is 27.8. The van der Waals surface area contributed by atoms with Crippen LogP contribution in [0.15, 0.2) is 55.1 Å². The number of ether oxygens (including phenoxy) is 1. The molecule has 1 aromatic carbocycles. The number of hydrogen-bond donors (Lipinski definition) is 1. The van der Waals surface area contributed by atoms with Crippen LogP contribution in [0.3, 0.4) is 0 Å². The minimum absolute atomic E-state index is 0.0186. The van der Waals surface area contributed by atoms with E-state index in [4.69, 9.17) is 4.74 Å². The quantitative estimate of drug-likeness (QED) is 0.141. The van der Waals surface area contributed by atoms with Crippen LogP contribution in [-0.2, 0) is 16.0 Å². The second kappa shape index (κ2) is 16.7. The van der Waals surface area contributed by atoms with E-state index in [2.05, 4.69) is 22.5 Å². The Bertz CT molecular complexity index is 914. The van der Waals surface area contributed by atoms with Gasteiger partial charge in [0.1, 0.15) is 11.9 Å². The third-order valence-electron chi connectivity index (χ3n) is 5.79. The Hall–Kier alpha value is -2.89. The summed E-state index contributed by atoms with van der Waals surface area (Å²) in [6.45, 7) is 6.65. The summed E-state index contributed by atoms with van der Waals surface area (Å²) in [6.07, 6.45) is 21.9. The minimum atomic E-state index is -0.374. The van der Waals surface area contributed by atoms with Gasteiger partial charge in [0, 0.05) is 31.0 Å².